The van der Waals surface area contributed by atoms with E-state index in [1.807, 2.05) is 0 Å². The molecule has 2 atom stereocenters. The van der Waals surface area contributed by atoms with Crippen LogP contribution in [0.3, 0.4) is 0 Å². The third kappa shape index (κ3) is 3.40. The Bertz CT molecular complexity index is 72.0. The van der Waals surface area contributed by atoms with Gasteiger partial charge in [0, 0.05) is 6.54 Å². The van der Waals surface area contributed by atoms with Gasteiger partial charge >= 0.3 is 0 Å². The zero-order valence-electron chi connectivity index (χ0n) is 5.26. The number of aliphatic hydroxyl groups is 1. The second-order valence-corrected chi connectivity index (χ2v) is 1.90. The molecule has 0 spiro atoms. The van der Waals surface area contributed by atoms with Crippen LogP contribution in [0.1, 0.15) is 6.42 Å². The van der Waals surface area contributed by atoms with E-state index in [0.29, 0.717) is 6.54 Å². The summed E-state index contributed by atoms with van der Waals surface area (Å²) < 4.78 is 12.3. The van der Waals surface area contributed by atoms with Gasteiger partial charge in [0.05, 0.1) is 6.10 Å². The van der Waals surface area contributed by atoms with Crippen LogP contribution in [0.15, 0.2) is 0 Å². The molecule has 0 aliphatic carbocycles. The van der Waals surface area contributed by atoms with Crippen LogP contribution < -0.4 is 11.5 Å². The molecule has 0 aliphatic rings. The maximum absolute atomic E-state index is 12.3. The first-order valence-corrected chi connectivity index (χ1v) is 2.94. The number of rotatable bonds is 4. The SMILES string of the molecule is NCCC(O)C(F)CN. The first-order valence-electron chi connectivity index (χ1n) is 2.94. The maximum Gasteiger partial charge on any atom is 0.138 e. The number of hydrogen-bond donors (Lipinski definition) is 3. The van der Waals surface area contributed by atoms with E-state index in [1.54, 1.807) is 0 Å². The van der Waals surface area contributed by atoms with E-state index in [1.165, 1.54) is 0 Å². The lowest BCUT2D eigenvalue weighted by atomic mass is 10.1. The monoisotopic (exact) mass is 136 g/mol. The predicted octanol–water partition coefficient (Wildman–Crippen LogP) is -1.01. The molecule has 0 saturated heterocycles. The number of alkyl halides is 1. The van der Waals surface area contributed by atoms with Gasteiger partial charge in [-0.3, -0.25) is 0 Å². The van der Waals surface area contributed by atoms with Gasteiger partial charge in [0.1, 0.15) is 6.17 Å². The summed E-state index contributed by atoms with van der Waals surface area (Å²) in [5.41, 5.74) is 9.98. The lowest BCUT2D eigenvalue weighted by Gasteiger charge is -2.11. The van der Waals surface area contributed by atoms with E-state index in [4.69, 9.17) is 16.6 Å². The van der Waals surface area contributed by atoms with Crippen LogP contribution in [0.25, 0.3) is 0 Å². The molecule has 0 bridgehead atoms. The Morgan fingerprint density at radius 1 is 1.44 bits per heavy atom. The fourth-order valence-corrected chi connectivity index (χ4v) is 0.509. The topological polar surface area (TPSA) is 72.3 Å². The third-order valence-corrected chi connectivity index (χ3v) is 1.11. The van der Waals surface area contributed by atoms with Crippen molar-refractivity contribution in [3.05, 3.63) is 0 Å². The predicted molar refractivity (Wildman–Crippen MR) is 33.6 cm³/mol. The summed E-state index contributed by atoms with van der Waals surface area (Å²) in [5, 5.41) is 8.78. The van der Waals surface area contributed by atoms with Gasteiger partial charge in [-0.2, -0.15) is 0 Å². The maximum atomic E-state index is 12.3. The average Bonchev–Trinajstić information content (AvgIpc) is 1.87. The van der Waals surface area contributed by atoms with E-state index in [2.05, 4.69) is 0 Å². The highest BCUT2D eigenvalue weighted by atomic mass is 19.1. The molecular formula is C5H13FN2O. The molecule has 5 N–H and O–H groups in total. The lowest BCUT2D eigenvalue weighted by Crippen LogP contribution is -2.31. The molecule has 0 aromatic rings. The van der Waals surface area contributed by atoms with Crippen molar-refractivity contribution in [2.45, 2.75) is 18.7 Å². The molecule has 0 fully saturated rings. The van der Waals surface area contributed by atoms with Crippen LogP contribution in [0, 0.1) is 0 Å². The Morgan fingerprint density at radius 3 is 2.33 bits per heavy atom. The molecule has 56 valence electrons. The van der Waals surface area contributed by atoms with E-state index in [-0.39, 0.29) is 13.0 Å². The number of hydrogen-bond acceptors (Lipinski definition) is 3. The largest absolute Gasteiger partial charge is 0.390 e. The molecule has 9 heavy (non-hydrogen) atoms. The first kappa shape index (κ1) is 8.81. The summed E-state index contributed by atoms with van der Waals surface area (Å²) >= 11 is 0. The number of halogens is 1. The Hall–Kier alpha value is -0.190. The standard InChI is InChI=1S/C5H13FN2O/c6-4(3-8)5(9)1-2-7/h4-5,9H,1-3,7-8H2. The molecule has 0 aromatic carbocycles. The number of aliphatic hydroxyl groups excluding tert-OH is 1. The van der Waals surface area contributed by atoms with Crippen LogP contribution >= 0.6 is 0 Å². The third-order valence-electron chi connectivity index (χ3n) is 1.11. The van der Waals surface area contributed by atoms with Crippen molar-refractivity contribution in [1.82, 2.24) is 0 Å². The van der Waals surface area contributed by atoms with Gasteiger partial charge in [-0.1, -0.05) is 0 Å². The molecule has 0 radical (unpaired) electrons. The van der Waals surface area contributed by atoms with E-state index >= 15 is 0 Å². The highest BCUT2D eigenvalue weighted by Crippen LogP contribution is 1.99. The molecule has 0 aliphatic heterocycles. The molecule has 2 unspecified atom stereocenters. The first-order chi connectivity index (χ1) is 4.22. The van der Waals surface area contributed by atoms with Crippen molar-refractivity contribution in [3.63, 3.8) is 0 Å². The molecule has 0 rings (SSSR count). The average molecular weight is 136 g/mol. The summed E-state index contributed by atoms with van der Waals surface area (Å²) in [6.45, 7) is 0.156. The summed E-state index contributed by atoms with van der Waals surface area (Å²) in [6.07, 6.45) is -2.04. The zero-order chi connectivity index (χ0) is 7.28. The van der Waals surface area contributed by atoms with Crippen molar-refractivity contribution in [1.29, 1.82) is 0 Å². The van der Waals surface area contributed by atoms with Gasteiger partial charge in [-0.25, -0.2) is 4.39 Å². The fraction of sp³-hybridized carbons (Fsp3) is 1.00. The molecule has 3 nitrogen and oxygen atoms in total. The van der Waals surface area contributed by atoms with Crippen LogP contribution in [-0.4, -0.2) is 30.5 Å². The van der Waals surface area contributed by atoms with Gasteiger partial charge in [-0.15, -0.1) is 0 Å². The van der Waals surface area contributed by atoms with Crippen LogP contribution in [0.5, 0.6) is 0 Å². The van der Waals surface area contributed by atoms with E-state index in [0.717, 1.165) is 0 Å². The molecule has 0 aromatic heterocycles. The van der Waals surface area contributed by atoms with Gasteiger partial charge < -0.3 is 16.6 Å². The minimum Gasteiger partial charge on any atom is -0.390 e. The summed E-state index contributed by atoms with van der Waals surface area (Å²) in [6, 6.07) is 0. The normalized spacial score (nSPS) is 17.3. The smallest absolute Gasteiger partial charge is 0.138 e. The summed E-state index contributed by atoms with van der Waals surface area (Å²) in [7, 11) is 0. The molecule has 0 heterocycles. The van der Waals surface area contributed by atoms with Crippen molar-refractivity contribution < 1.29 is 9.50 Å². The van der Waals surface area contributed by atoms with Crippen molar-refractivity contribution in [2.24, 2.45) is 11.5 Å². The van der Waals surface area contributed by atoms with E-state index < -0.39 is 12.3 Å². The minimum atomic E-state index is -1.33. The Labute approximate surface area is 53.8 Å². The van der Waals surface area contributed by atoms with Gasteiger partial charge in [-0.05, 0) is 13.0 Å². The fourth-order valence-electron chi connectivity index (χ4n) is 0.509. The van der Waals surface area contributed by atoms with Crippen LogP contribution in [0.4, 0.5) is 4.39 Å². The Morgan fingerprint density at radius 2 is 2.00 bits per heavy atom. The van der Waals surface area contributed by atoms with Crippen molar-refractivity contribution in [2.75, 3.05) is 13.1 Å². The van der Waals surface area contributed by atoms with Gasteiger partial charge in [0.25, 0.3) is 0 Å². The lowest BCUT2D eigenvalue weighted by molar-refractivity contribution is 0.0773. The number of nitrogens with two attached hydrogens (primary N) is 2. The van der Waals surface area contributed by atoms with Crippen LogP contribution in [0.2, 0.25) is 0 Å². The van der Waals surface area contributed by atoms with Crippen LogP contribution in [-0.2, 0) is 0 Å². The highest BCUT2D eigenvalue weighted by Gasteiger charge is 2.14. The van der Waals surface area contributed by atoms with E-state index in [9.17, 15) is 4.39 Å². The quantitative estimate of drug-likeness (QED) is 0.464. The molecule has 0 saturated carbocycles. The second kappa shape index (κ2) is 4.67. The zero-order valence-corrected chi connectivity index (χ0v) is 5.26. The van der Waals surface area contributed by atoms with Gasteiger partial charge in [0.2, 0.25) is 0 Å². The van der Waals surface area contributed by atoms with Crippen molar-refractivity contribution in [3.8, 4) is 0 Å². The summed E-state index contributed by atoms with van der Waals surface area (Å²) in [5.74, 6) is 0. The summed E-state index contributed by atoms with van der Waals surface area (Å²) in [4.78, 5) is 0. The Balaban J connectivity index is 3.32. The second-order valence-electron chi connectivity index (χ2n) is 1.90. The molecule has 4 heteroatoms. The minimum absolute atomic E-state index is 0.138. The van der Waals surface area contributed by atoms with Crippen molar-refractivity contribution >= 4 is 0 Å². The van der Waals surface area contributed by atoms with Gasteiger partial charge in [0.15, 0.2) is 0 Å². The molecule has 0 amide bonds. The highest BCUT2D eigenvalue weighted by molar-refractivity contribution is 4.67. The Kier molecular flexibility index (Phi) is 4.57. The molecular weight excluding hydrogens is 123 g/mol.